The van der Waals surface area contributed by atoms with E-state index in [1.165, 1.54) is 5.56 Å². The van der Waals surface area contributed by atoms with Gasteiger partial charge in [-0.3, -0.25) is 20.5 Å². The Morgan fingerprint density at radius 2 is 1.79 bits per heavy atom. The molecule has 1 aromatic rings. The zero-order chi connectivity index (χ0) is 19.5. The van der Waals surface area contributed by atoms with Crippen molar-refractivity contribution in [1.29, 1.82) is 0 Å². The smallest absolute Gasteiger partial charge is 0.228 e. The third-order valence-corrected chi connectivity index (χ3v) is 6.46. The van der Waals surface area contributed by atoms with E-state index >= 15 is 0 Å². The quantitative estimate of drug-likeness (QED) is 0.824. The first-order valence-electron chi connectivity index (χ1n) is 10.8. The number of benzene rings is 1. The van der Waals surface area contributed by atoms with E-state index in [9.17, 15) is 4.79 Å². The molecule has 0 bridgehead atoms. The van der Waals surface area contributed by atoms with Crippen molar-refractivity contribution >= 4 is 5.91 Å². The topological polar surface area (TPSA) is 56.8 Å². The Kier molecular flexibility index (Phi) is 6.31. The second-order valence-corrected chi connectivity index (χ2v) is 8.76. The molecule has 0 saturated carbocycles. The van der Waals surface area contributed by atoms with Crippen LogP contribution in [0.4, 0.5) is 0 Å². The molecule has 2 N–H and O–H groups in total. The van der Waals surface area contributed by atoms with Gasteiger partial charge in [-0.25, -0.2) is 0 Å². The van der Waals surface area contributed by atoms with Crippen LogP contribution in [0.1, 0.15) is 32.3 Å². The van der Waals surface area contributed by atoms with E-state index in [1.54, 1.807) is 0 Å². The maximum absolute atomic E-state index is 13.2. The number of ether oxygens (including phenoxy) is 1. The van der Waals surface area contributed by atoms with Crippen LogP contribution in [-0.2, 0) is 16.1 Å². The van der Waals surface area contributed by atoms with Gasteiger partial charge in [0.05, 0.1) is 18.1 Å². The molecule has 0 aliphatic carbocycles. The van der Waals surface area contributed by atoms with Gasteiger partial charge in [0.15, 0.2) is 0 Å². The predicted octanol–water partition coefficient (Wildman–Crippen LogP) is 1.63. The lowest BCUT2D eigenvalue weighted by molar-refractivity contribution is -0.147. The van der Waals surface area contributed by atoms with Crippen LogP contribution in [0.2, 0.25) is 0 Å². The van der Waals surface area contributed by atoms with Crippen molar-refractivity contribution in [2.24, 2.45) is 11.8 Å². The zero-order valence-corrected chi connectivity index (χ0v) is 17.1. The van der Waals surface area contributed by atoms with E-state index in [2.05, 4.69) is 59.9 Å². The number of rotatable bonds is 4. The van der Waals surface area contributed by atoms with Crippen molar-refractivity contribution in [1.82, 2.24) is 20.7 Å². The number of morpholine rings is 1. The number of piperidine rings is 1. The summed E-state index contributed by atoms with van der Waals surface area (Å²) in [4.78, 5) is 17.8. The average molecular weight is 387 g/mol. The summed E-state index contributed by atoms with van der Waals surface area (Å²) in [5.74, 6) is 0.867. The number of hydrogen-bond acceptors (Lipinski definition) is 5. The van der Waals surface area contributed by atoms with Crippen molar-refractivity contribution in [3.8, 4) is 0 Å². The van der Waals surface area contributed by atoms with Crippen molar-refractivity contribution in [3.63, 3.8) is 0 Å². The molecule has 4 atom stereocenters. The zero-order valence-electron chi connectivity index (χ0n) is 17.1. The Hall–Kier alpha value is -1.47. The molecule has 0 spiro atoms. The van der Waals surface area contributed by atoms with Crippen LogP contribution in [0.5, 0.6) is 0 Å². The number of hydrazine groups is 1. The molecule has 28 heavy (non-hydrogen) atoms. The number of amides is 1. The van der Waals surface area contributed by atoms with E-state index in [0.717, 1.165) is 39.0 Å². The van der Waals surface area contributed by atoms with Crippen LogP contribution in [0.25, 0.3) is 0 Å². The first-order chi connectivity index (χ1) is 13.6. The lowest BCUT2D eigenvalue weighted by Gasteiger charge is -2.39. The molecule has 4 rings (SSSR count). The summed E-state index contributed by atoms with van der Waals surface area (Å²) in [7, 11) is 0. The van der Waals surface area contributed by atoms with E-state index < -0.39 is 0 Å². The van der Waals surface area contributed by atoms with Gasteiger partial charge in [0.1, 0.15) is 0 Å². The minimum Gasteiger partial charge on any atom is -0.372 e. The Balaban J connectivity index is 1.32. The highest BCUT2D eigenvalue weighted by molar-refractivity contribution is 5.80. The molecule has 0 aromatic heterocycles. The fourth-order valence-electron chi connectivity index (χ4n) is 5.11. The highest BCUT2D eigenvalue weighted by atomic mass is 16.5. The number of likely N-dealkylation sites (tertiary alicyclic amines) is 1. The monoisotopic (exact) mass is 386 g/mol. The van der Waals surface area contributed by atoms with Crippen LogP contribution in [0.3, 0.4) is 0 Å². The summed E-state index contributed by atoms with van der Waals surface area (Å²) in [5.41, 5.74) is 8.09. The summed E-state index contributed by atoms with van der Waals surface area (Å²) >= 11 is 0. The molecule has 1 amide bonds. The number of nitrogens with zero attached hydrogens (tertiary/aromatic N) is 2. The predicted molar refractivity (Wildman–Crippen MR) is 109 cm³/mol. The average Bonchev–Trinajstić information content (AvgIpc) is 3.18. The van der Waals surface area contributed by atoms with Crippen LogP contribution in [-0.4, -0.2) is 66.7 Å². The van der Waals surface area contributed by atoms with Crippen LogP contribution in [0, 0.1) is 11.8 Å². The molecule has 3 aliphatic rings. The van der Waals surface area contributed by atoms with Crippen molar-refractivity contribution in [3.05, 3.63) is 35.9 Å². The Morgan fingerprint density at radius 1 is 1.11 bits per heavy atom. The van der Waals surface area contributed by atoms with Crippen LogP contribution in [0.15, 0.2) is 30.3 Å². The van der Waals surface area contributed by atoms with Crippen LogP contribution < -0.4 is 10.9 Å². The third-order valence-electron chi connectivity index (χ3n) is 6.46. The van der Waals surface area contributed by atoms with Gasteiger partial charge >= 0.3 is 0 Å². The first kappa shape index (κ1) is 19.8. The molecule has 0 radical (unpaired) electrons. The molecule has 6 heteroatoms. The lowest BCUT2D eigenvalue weighted by atomic mass is 9.82. The minimum absolute atomic E-state index is 0.0307. The maximum Gasteiger partial charge on any atom is 0.228 e. The van der Waals surface area contributed by atoms with Gasteiger partial charge in [-0.05, 0) is 51.3 Å². The van der Waals surface area contributed by atoms with Crippen molar-refractivity contribution in [2.75, 3.05) is 32.7 Å². The normalized spacial score (nSPS) is 32.6. The van der Waals surface area contributed by atoms with Gasteiger partial charge in [0, 0.05) is 32.2 Å². The SMILES string of the molecule is CC1CN(C(=O)C2CNNC2C2CCN(Cc3ccccc3)CC2)CC(C)O1. The molecular weight excluding hydrogens is 352 g/mol. The van der Waals surface area contributed by atoms with Gasteiger partial charge in [-0.2, -0.15) is 0 Å². The number of hydrogen-bond donors (Lipinski definition) is 2. The molecule has 1 aromatic carbocycles. The highest BCUT2D eigenvalue weighted by Crippen LogP contribution is 2.29. The molecule has 4 unspecified atom stereocenters. The summed E-state index contributed by atoms with van der Waals surface area (Å²) in [6, 6.07) is 10.9. The molecule has 3 fully saturated rings. The lowest BCUT2D eigenvalue weighted by Crippen LogP contribution is -2.53. The second-order valence-electron chi connectivity index (χ2n) is 8.76. The Labute approximate surface area is 168 Å². The van der Waals surface area contributed by atoms with Gasteiger partial charge in [0.25, 0.3) is 0 Å². The number of nitrogens with one attached hydrogen (secondary N) is 2. The molecular formula is C22H34N4O2. The fourth-order valence-corrected chi connectivity index (χ4v) is 5.11. The third kappa shape index (κ3) is 4.57. The summed E-state index contributed by atoms with van der Waals surface area (Å²) < 4.78 is 5.80. The minimum atomic E-state index is 0.0307. The molecule has 3 heterocycles. The van der Waals surface area contributed by atoms with Gasteiger partial charge in [-0.1, -0.05) is 30.3 Å². The number of carbonyl (C=O) groups excluding carboxylic acids is 1. The van der Waals surface area contributed by atoms with Crippen molar-refractivity contribution < 1.29 is 9.53 Å². The standard InChI is InChI=1S/C22H34N4O2/c1-16-13-26(14-17(2)28-16)22(27)20-12-23-24-21(20)19-8-10-25(11-9-19)15-18-6-4-3-5-7-18/h3-7,16-17,19-21,23-24H,8-15H2,1-2H3. The molecule has 154 valence electrons. The highest BCUT2D eigenvalue weighted by Gasteiger charge is 2.42. The fraction of sp³-hybridized carbons (Fsp3) is 0.682. The Morgan fingerprint density at radius 3 is 2.46 bits per heavy atom. The molecule has 3 aliphatic heterocycles. The largest absolute Gasteiger partial charge is 0.372 e. The van der Waals surface area contributed by atoms with Crippen molar-refractivity contribution in [2.45, 2.75) is 51.5 Å². The Bertz CT molecular complexity index is 637. The summed E-state index contributed by atoms with van der Waals surface area (Å²) in [6.45, 7) is 9.49. The van der Waals surface area contributed by atoms with Gasteiger partial charge < -0.3 is 9.64 Å². The summed E-state index contributed by atoms with van der Waals surface area (Å²) in [5, 5.41) is 0. The maximum atomic E-state index is 13.2. The van der Waals surface area contributed by atoms with Gasteiger partial charge in [0.2, 0.25) is 5.91 Å². The second kappa shape index (κ2) is 8.91. The van der Waals surface area contributed by atoms with E-state index in [0.29, 0.717) is 19.0 Å². The van der Waals surface area contributed by atoms with E-state index in [4.69, 9.17) is 4.74 Å². The molecule has 3 saturated heterocycles. The number of carbonyl (C=O) groups is 1. The summed E-state index contributed by atoms with van der Waals surface area (Å²) in [6.07, 6.45) is 2.53. The van der Waals surface area contributed by atoms with Crippen LogP contribution >= 0.6 is 0 Å². The molecule has 6 nitrogen and oxygen atoms in total. The van der Waals surface area contributed by atoms with E-state index in [-0.39, 0.29) is 30.1 Å². The first-order valence-corrected chi connectivity index (χ1v) is 10.8. The van der Waals surface area contributed by atoms with E-state index in [1.807, 2.05) is 4.90 Å². The van der Waals surface area contributed by atoms with Gasteiger partial charge in [-0.15, -0.1) is 0 Å².